The lowest BCUT2D eigenvalue weighted by Gasteiger charge is -2.01. The molecule has 0 aliphatic carbocycles. The minimum Gasteiger partial charge on any atom is -0.301 e. The van der Waals surface area contributed by atoms with Gasteiger partial charge in [-0.2, -0.15) is 0 Å². The van der Waals surface area contributed by atoms with Gasteiger partial charge >= 0.3 is 0 Å². The van der Waals surface area contributed by atoms with Crippen LogP contribution in [0.4, 0.5) is 5.13 Å². The van der Waals surface area contributed by atoms with Crippen LogP contribution in [0.1, 0.15) is 51.9 Å². The molecule has 1 heterocycles. The number of anilines is 1. The standard InChI is InChI=1S/C11H19N3OS2/c1-2-3-4-5-6-7-8-9(15)12-10-13-14-11(16)17-10/h2-8H2,1H3,(H,14,16)(H,12,13,15). The summed E-state index contributed by atoms with van der Waals surface area (Å²) in [5.41, 5.74) is 0. The number of carbonyl (C=O) groups is 1. The first-order chi connectivity index (χ1) is 8.22. The zero-order valence-electron chi connectivity index (χ0n) is 10.1. The first kappa shape index (κ1) is 14.3. The first-order valence-electron chi connectivity index (χ1n) is 6.07. The summed E-state index contributed by atoms with van der Waals surface area (Å²) in [6.45, 7) is 2.20. The van der Waals surface area contributed by atoms with E-state index in [9.17, 15) is 4.79 Å². The van der Waals surface area contributed by atoms with E-state index in [0.29, 0.717) is 15.5 Å². The molecule has 0 spiro atoms. The normalized spacial score (nSPS) is 10.4. The van der Waals surface area contributed by atoms with Crippen LogP contribution in [-0.4, -0.2) is 16.1 Å². The highest BCUT2D eigenvalue weighted by molar-refractivity contribution is 7.73. The third kappa shape index (κ3) is 6.53. The van der Waals surface area contributed by atoms with Crippen molar-refractivity contribution >= 4 is 34.6 Å². The molecule has 0 aromatic carbocycles. The van der Waals surface area contributed by atoms with Crippen molar-refractivity contribution in [2.24, 2.45) is 0 Å². The maximum absolute atomic E-state index is 11.5. The van der Waals surface area contributed by atoms with Crippen LogP contribution in [0, 0.1) is 3.95 Å². The molecular weight excluding hydrogens is 254 g/mol. The van der Waals surface area contributed by atoms with Crippen molar-refractivity contribution in [1.82, 2.24) is 10.2 Å². The lowest BCUT2D eigenvalue weighted by molar-refractivity contribution is -0.116. The van der Waals surface area contributed by atoms with Crippen LogP contribution in [-0.2, 0) is 4.79 Å². The fraction of sp³-hybridized carbons (Fsp3) is 0.727. The second-order valence-corrected chi connectivity index (χ2v) is 5.65. The van der Waals surface area contributed by atoms with Gasteiger partial charge in [0, 0.05) is 6.42 Å². The number of H-pyrrole nitrogens is 1. The summed E-state index contributed by atoms with van der Waals surface area (Å²) in [5.74, 6) is 0.0261. The van der Waals surface area contributed by atoms with Crippen molar-refractivity contribution in [2.75, 3.05) is 5.32 Å². The Bertz CT molecular complexity index is 386. The molecule has 0 bridgehead atoms. The van der Waals surface area contributed by atoms with Crippen LogP contribution in [0.25, 0.3) is 0 Å². The molecule has 1 amide bonds. The lowest BCUT2D eigenvalue weighted by atomic mass is 10.1. The number of hydrogen-bond donors (Lipinski definition) is 2. The number of nitrogens with one attached hydrogen (secondary N) is 2. The Balaban J connectivity index is 2.07. The van der Waals surface area contributed by atoms with Crippen LogP contribution in [0.15, 0.2) is 0 Å². The van der Waals surface area contributed by atoms with Gasteiger partial charge in [-0.05, 0) is 18.6 Å². The number of carbonyl (C=O) groups excluding carboxylic acids is 1. The molecule has 0 fully saturated rings. The van der Waals surface area contributed by atoms with Gasteiger partial charge < -0.3 is 5.32 Å². The number of nitrogens with zero attached hydrogens (tertiary/aromatic N) is 1. The summed E-state index contributed by atoms with van der Waals surface area (Å²) in [6, 6.07) is 0. The van der Waals surface area contributed by atoms with Crippen LogP contribution >= 0.6 is 23.6 Å². The van der Waals surface area contributed by atoms with Gasteiger partial charge in [0.05, 0.1) is 0 Å². The molecule has 2 N–H and O–H groups in total. The number of aromatic nitrogens is 2. The fourth-order valence-corrected chi connectivity index (χ4v) is 2.34. The van der Waals surface area contributed by atoms with Gasteiger partial charge in [-0.15, -0.1) is 5.10 Å². The molecule has 4 nitrogen and oxygen atoms in total. The quantitative estimate of drug-likeness (QED) is 0.558. The summed E-state index contributed by atoms with van der Waals surface area (Å²) >= 11 is 6.16. The number of amides is 1. The van der Waals surface area contributed by atoms with Crippen LogP contribution in [0.5, 0.6) is 0 Å². The molecule has 1 rings (SSSR count). The number of unbranched alkanes of at least 4 members (excludes halogenated alkanes) is 5. The van der Waals surface area contributed by atoms with Gasteiger partial charge in [0.15, 0.2) is 3.95 Å². The van der Waals surface area contributed by atoms with Crippen LogP contribution < -0.4 is 5.32 Å². The van der Waals surface area contributed by atoms with E-state index in [-0.39, 0.29) is 5.91 Å². The maximum atomic E-state index is 11.5. The third-order valence-electron chi connectivity index (χ3n) is 2.44. The molecular formula is C11H19N3OS2. The van der Waals surface area contributed by atoms with E-state index >= 15 is 0 Å². The monoisotopic (exact) mass is 273 g/mol. The molecule has 1 aromatic rings. The fourth-order valence-electron chi connectivity index (χ4n) is 1.53. The summed E-state index contributed by atoms with van der Waals surface area (Å²) < 4.78 is 0.583. The maximum Gasteiger partial charge on any atom is 0.226 e. The van der Waals surface area contributed by atoms with Gasteiger partial charge in [-0.1, -0.05) is 50.4 Å². The highest BCUT2D eigenvalue weighted by Gasteiger charge is 2.04. The highest BCUT2D eigenvalue weighted by atomic mass is 32.1. The minimum atomic E-state index is 0.0261. The summed E-state index contributed by atoms with van der Waals surface area (Å²) in [7, 11) is 0. The van der Waals surface area contributed by atoms with E-state index in [2.05, 4.69) is 22.4 Å². The van der Waals surface area contributed by atoms with Crippen molar-refractivity contribution in [2.45, 2.75) is 51.9 Å². The van der Waals surface area contributed by atoms with E-state index in [1.54, 1.807) is 0 Å². The largest absolute Gasteiger partial charge is 0.301 e. The van der Waals surface area contributed by atoms with Crippen molar-refractivity contribution in [1.29, 1.82) is 0 Å². The number of hydrogen-bond acceptors (Lipinski definition) is 4. The minimum absolute atomic E-state index is 0.0261. The van der Waals surface area contributed by atoms with E-state index in [0.717, 1.165) is 12.8 Å². The smallest absolute Gasteiger partial charge is 0.226 e. The zero-order chi connectivity index (χ0) is 12.5. The second-order valence-electron chi connectivity index (χ2n) is 3.98. The van der Waals surface area contributed by atoms with Crippen LogP contribution in [0.2, 0.25) is 0 Å². The Morgan fingerprint density at radius 1 is 1.35 bits per heavy atom. The molecule has 0 aliphatic rings. The average Bonchev–Trinajstić information content (AvgIpc) is 2.69. The second kappa shape index (κ2) is 8.36. The van der Waals surface area contributed by atoms with E-state index in [4.69, 9.17) is 12.2 Å². The van der Waals surface area contributed by atoms with E-state index in [1.807, 2.05) is 0 Å². The van der Waals surface area contributed by atoms with Crippen LogP contribution in [0.3, 0.4) is 0 Å². The molecule has 0 saturated heterocycles. The lowest BCUT2D eigenvalue weighted by Crippen LogP contribution is -2.10. The molecule has 0 saturated carbocycles. The molecule has 0 radical (unpaired) electrons. The molecule has 1 aromatic heterocycles. The SMILES string of the molecule is CCCCCCCCC(=O)Nc1n[nH]c(=S)s1. The van der Waals surface area contributed by atoms with Crippen molar-refractivity contribution in [3.63, 3.8) is 0 Å². The van der Waals surface area contributed by atoms with Gasteiger partial charge in [0.2, 0.25) is 11.0 Å². The third-order valence-corrected chi connectivity index (χ3v) is 3.45. The van der Waals surface area contributed by atoms with Gasteiger partial charge in [-0.25, -0.2) is 0 Å². The molecule has 6 heteroatoms. The predicted molar refractivity (Wildman–Crippen MR) is 73.9 cm³/mol. The zero-order valence-corrected chi connectivity index (χ0v) is 11.8. The molecule has 96 valence electrons. The summed E-state index contributed by atoms with van der Waals surface area (Å²) in [6.07, 6.45) is 7.70. The topological polar surface area (TPSA) is 57.8 Å². The Hall–Kier alpha value is -0.750. The van der Waals surface area contributed by atoms with Gasteiger partial charge in [0.1, 0.15) is 0 Å². The molecule has 0 unspecified atom stereocenters. The summed E-state index contributed by atoms with van der Waals surface area (Å²) in [4.78, 5) is 11.5. The predicted octanol–water partition coefficient (Wildman–Crippen LogP) is 3.89. The van der Waals surface area contributed by atoms with E-state index in [1.165, 1.54) is 37.0 Å². The Kier molecular flexibility index (Phi) is 7.04. The Morgan fingerprint density at radius 3 is 2.71 bits per heavy atom. The number of aromatic amines is 1. The number of rotatable bonds is 8. The first-order valence-corrected chi connectivity index (χ1v) is 7.30. The van der Waals surface area contributed by atoms with Crippen molar-refractivity contribution in [3.8, 4) is 0 Å². The summed E-state index contributed by atoms with van der Waals surface area (Å²) in [5, 5.41) is 9.81. The molecule has 17 heavy (non-hydrogen) atoms. The van der Waals surface area contributed by atoms with Crippen molar-refractivity contribution in [3.05, 3.63) is 3.95 Å². The van der Waals surface area contributed by atoms with E-state index < -0.39 is 0 Å². The van der Waals surface area contributed by atoms with Gasteiger partial charge in [-0.3, -0.25) is 9.89 Å². The molecule has 0 atom stereocenters. The Labute approximate surface area is 111 Å². The average molecular weight is 273 g/mol. The highest BCUT2D eigenvalue weighted by Crippen LogP contribution is 2.12. The van der Waals surface area contributed by atoms with Crippen molar-refractivity contribution < 1.29 is 4.79 Å². The Morgan fingerprint density at radius 2 is 2.06 bits per heavy atom. The molecule has 0 aliphatic heterocycles. The van der Waals surface area contributed by atoms with Gasteiger partial charge in [0.25, 0.3) is 0 Å².